The third-order valence-electron chi connectivity index (χ3n) is 4.06. The number of nitrogens with one attached hydrogen (secondary N) is 2. The first kappa shape index (κ1) is 19.4. The molecule has 0 saturated carbocycles. The van der Waals surface area contributed by atoms with Crippen LogP contribution in [0.25, 0.3) is 0 Å². The Morgan fingerprint density at radius 3 is 2.32 bits per heavy atom. The van der Waals surface area contributed by atoms with Gasteiger partial charge in [0.05, 0.1) is 11.3 Å². The van der Waals surface area contributed by atoms with Crippen molar-refractivity contribution in [2.45, 2.75) is 20.5 Å². The van der Waals surface area contributed by atoms with Gasteiger partial charge in [-0.15, -0.1) is 0 Å². The van der Waals surface area contributed by atoms with E-state index in [2.05, 4.69) is 16.0 Å². The minimum absolute atomic E-state index is 0.322. The monoisotopic (exact) mass is 399 g/mol. The minimum Gasteiger partial charge on any atom is -0.489 e. The number of aromatic nitrogens is 1. The van der Waals surface area contributed by atoms with Crippen LogP contribution in [-0.2, 0) is 6.61 Å². The maximum atomic E-state index is 12.2. The van der Waals surface area contributed by atoms with Crippen LogP contribution in [0.5, 0.6) is 5.75 Å². The summed E-state index contributed by atoms with van der Waals surface area (Å²) in [5.41, 5.74) is 7.10. The molecule has 0 aliphatic heterocycles. The second-order valence-electron chi connectivity index (χ2n) is 6.03. The molecule has 1 heterocycles. The average Bonchev–Trinajstić information content (AvgIpc) is 3.02. The Morgan fingerprint density at radius 1 is 1.04 bits per heavy atom. The fourth-order valence-electron chi connectivity index (χ4n) is 2.45. The van der Waals surface area contributed by atoms with E-state index in [1.165, 1.54) is 6.07 Å². The molecule has 144 valence electrons. The molecule has 0 aliphatic carbocycles. The normalized spacial score (nSPS) is 10.4. The molecule has 1 aromatic heterocycles. The predicted octanol–water partition coefficient (Wildman–Crippen LogP) is 3.60. The molecule has 0 fully saturated rings. The molecule has 0 spiro atoms. The van der Waals surface area contributed by atoms with Crippen LogP contribution in [0.3, 0.4) is 0 Å². The van der Waals surface area contributed by atoms with E-state index in [0.717, 1.165) is 11.3 Å². The van der Waals surface area contributed by atoms with Gasteiger partial charge >= 0.3 is 0 Å². The molecular formula is C20H18ClN3O4. The zero-order valence-electron chi connectivity index (χ0n) is 15.3. The maximum Gasteiger partial charge on any atom is 0.269 e. The fraction of sp³-hybridized carbons (Fsp3) is 0.150. The molecule has 0 bridgehead atoms. The number of rotatable bonds is 5. The number of hydrogen-bond acceptors (Lipinski definition) is 5. The van der Waals surface area contributed by atoms with Crippen molar-refractivity contribution in [3.8, 4) is 5.75 Å². The first-order valence-corrected chi connectivity index (χ1v) is 8.82. The Labute approximate surface area is 166 Å². The molecule has 8 heteroatoms. The zero-order chi connectivity index (χ0) is 20.1. The third kappa shape index (κ3) is 4.69. The number of amides is 2. The van der Waals surface area contributed by atoms with Crippen LogP contribution < -0.4 is 15.6 Å². The number of nitrogens with zero attached hydrogens (tertiary/aromatic N) is 1. The van der Waals surface area contributed by atoms with Crippen molar-refractivity contribution in [2.75, 3.05) is 0 Å². The lowest BCUT2D eigenvalue weighted by atomic mass is 10.2. The summed E-state index contributed by atoms with van der Waals surface area (Å²) < 4.78 is 10.8. The van der Waals surface area contributed by atoms with Crippen LogP contribution in [0.15, 0.2) is 53.1 Å². The molecule has 3 aromatic rings. The highest BCUT2D eigenvalue weighted by atomic mass is 35.5. The molecule has 2 aromatic carbocycles. The Morgan fingerprint density at radius 2 is 1.71 bits per heavy atom. The number of hydrogen-bond donors (Lipinski definition) is 2. The van der Waals surface area contributed by atoms with Crippen LogP contribution in [0, 0.1) is 13.8 Å². The van der Waals surface area contributed by atoms with E-state index in [1.54, 1.807) is 42.5 Å². The van der Waals surface area contributed by atoms with Gasteiger partial charge in [-0.3, -0.25) is 20.4 Å². The summed E-state index contributed by atoms with van der Waals surface area (Å²) >= 11 is 5.85. The van der Waals surface area contributed by atoms with Crippen LogP contribution in [0.4, 0.5) is 0 Å². The van der Waals surface area contributed by atoms with E-state index in [1.807, 2.05) is 13.8 Å². The molecule has 0 saturated heterocycles. The summed E-state index contributed by atoms with van der Waals surface area (Å²) in [6, 6.07) is 13.0. The topological polar surface area (TPSA) is 93.5 Å². The highest BCUT2D eigenvalue weighted by Gasteiger charge is 2.11. The van der Waals surface area contributed by atoms with Gasteiger partial charge in [-0.25, -0.2) is 0 Å². The van der Waals surface area contributed by atoms with Gasteiger partial charge in [0.1, 0.15) is 18.1 Å². The van der Waals surface area contributed by atoms with Crippen molar-refractivity contribution in [1.29, 1.82) is 0 Å². The van der Waals surface area contributed by atoms with Gasteiger partial charge in [0.15, 0.2) is 0 Å². The Hall–Kier alpha value is -3.32. The number of aryl methyl sites for hydroxylation is 2. The zero-order valence-corrected chi connectivity index (χ0v) is 16.0. The molecular weight excluding hydrogens is 382 g/mol. The molecule has 2 N–H and O–H groups in total. The number of carbonyl (C=O) groups is 2. The molecule has 28 heavy (non-hydrogen) atoms. The Bertz CT molecular complexity index is 979. The number of benzene rings is 2. The van der Waals surface area contributed by atoms with E-state index in [9.17, 15) is 9.59 Å². The quantitative estimate of drug-likeness (QED) is 0.639. The first-order valence-electron chi connectivity index (χ1n) is 8.45. The van der Waals surface area contributed by atoms with Crippen molar-refractivity contribution >= 4 is 23.4 Å². The smallest absolute Gasteiger partial charge is 0.269 e. The predicted molar refractivity (Wildman–Crippen MR) is 103 cm³/mol. The standard InChI is InChI=1S/C20H18ClN3O4/c1-12-18(13(2)28-24-12)11-27-17-8-6-14(7-9-17)19(25)22-23-20(26)15-4-3-5-16(21)10-15/h3-10H,11H2,1-2H3,(H,22,25)(H,23,26). The largest absolute Gasteiger partial charge is 0.489 e. The number of ether oxygens (including phenoxy) is 1. The third-order valence-corrected chi connectivity index (χ3v) is 4.29. The highest BCUT2D eigenvalue weighted by molar-refractivity contribution is 6.30. The van der Waals surface area contributed by atoms with Gasteiger partial charge in [-0.1, -0.05) is 22.8 Å². The molecule has 0 unspecified atom stereocenters. The molecule has 0 aliphatic rings. The lowest BCUT2D eigenvalue weighted by Crippen LogP contribution is -2.41. The first-order chi connectivity index (χ1) is 13.4. The molecule has 2 amide bonds. The maximum absolute atomic E-state index is 12.2. The molecule has 3 rings (SSSR count). The summed E-state index contributed by atoms with van der Waals surface area (Å²) in [6.45, 7) is 3.99. The summed E-state index contributed by atoms with van der Waals surface area (Å²) in [7, 11) is 0. The Balaban J connectivity index is 1.54. The second-order valence-corrected chi connectivity index (χ2v) is 6.47. The van der Waals surface area contributed by atoms with E-state index in [-0.39, 0.29) is 0 Å². The van der Waals surface area contributed by atoms with E-state index < -0.39 is 11.8 Å². The van der Waals surface area contributed by atoms with Crippen molar-refractivity contribution in [1.82, 2.24) is 16.0 Å². The summed E-state index contributed by atoms with van der Waals surface area (Å²) in [5, 5.41) is 4.31. The fourth-order valence-corrected chi connectivity index (χ4v) is 2.64. The summed E-state index contributed by atoms with van der Waals surface area (Å²) in [6.07, 6.45) is 0. The Kier molecular flexibility index (Phi) is 5.96. The van der Waals surface area contributed by atoms with Gasteiger partial charge in [-0.05, 0) is 56.3 Å². The van der Waals surface area contributed by atoms with Crippen molar-refractivity contribution in [3.63, 3.8) is 0 Å². The van der Waals surface area contributed by atoms with Crippen LogP contribution >= 0.6 is 11.6 Å². The number of halogens is 1. The molecule has 7 nitrogen and oxygen atoms in total. The lowest BCUT2D eigenvalue weighted by molar-refractivity contribution is 0.0846. The van der Waals surface area contributed by atoms with E-state index >= 15 is 0 Å². The molecule has 0 radical (unpaired) electrons. The van der Waals surface area contributed by atoms with Crippen LogP contribution in [0.1, 0.15) is 37.7 Å². The highest BCUT2D eigenvalue weighted by Crippen LogP contribution is 2.18. The van der Waals surface area contributed by atoms with Crippen molar-refractivity contribution in [3.05, 3.63) is 81.7 Å². The van der Waals surface area contributed by atoms with Gasteiger partial charge < -0.3 is 9.26 Å². The second kappa shape index (κ2) is 8.58. The number of carbonyl (C=O) groups excluding carboxylic acids is 2. The van der Waals surface area contributed by atoms with Gasteiger partial charge in [0, 0.05) is 16.1 Å². The van der Waals surface area contributed by atoms with Gasteiger partial charge in [0.2, 0.25) is 0 Å². The minimum atomic E-state index is -0.463. The van der Waals surface area contributed by atoms with E-state index in [0.29, 0.717) is 34.3 Å². The van der Waals surface area contributed by atoms with E-state index in [4.69, 9.17) is 20.9 Å². The number of hydrazine groups is 1. The SMILES string of the molecule is Cc1noc(C)c1COc1ccc(C(=O)NNC(=O)c2cccc(Cl)c2)cc1. The van der Waals surface area contributed by atoms with Gasteiger partial charge in [-0.2, -0.15) is 0 Å². The van der Waals surface area contributed by atoms with Crippen LogP contribution in [-0.4, -0.2) is 17.0 Å². The van der Waals surface area contributed by atoms with Crippen LogP contribution in [0.2, 0.25) is 5.02 Å². The average molecular weight is 400 g/mol. The van der Waals surface area contributed by atoms with Crippen molar-refractivity contribution in [2.24, 2.45) is 0 Å². The van der Waals surface area contributed by atoms with Gasteiger partial charge in [0.25, 0.3) is 11.8 Å². The van der Waals surface area contributed by atoms with Crippen molar-refractivity contribution < 1.29 is 18.8 Å². The lowest BCUT2D eigenvalue weighted by Gasteiger charge is -2.09. The summed E-state index contributed by atoms with van der Waals surface area (Å²) in [4.78, 5) is 24.2. The summed E-state index contributed by atoms with van der Waals surface area (Å²) in [5.74, 6) is 0.395. The molecule has 0 atom stereocenters.